The van der Waals surface area contributed by atoms with Crippen molar-refractivity contribution in [3.05, 3.63) is 60.8 Å². The second kappa shape index (κ2) is 18.5. The fourth-order valence-electron chi connectivity index (χ4n) is 0.998. The Hall–Kier alpha value is 0.150. The molecule has 0 bridgehead atoms. The third kappa shape index (κ3) is 16.2. The molecule has 0 saturated heterocycles. The van der Waals surface area contributed by atoms with Crippen molar-refractivity contribution in [2.75, 3.05) is 0 Å². The SMILES string of the molecule is C=C.CC1=CC[C-]=C1.CC1=CC[C-]=C1.[Cl-].[Cl-].[Hf+4]. The first-order valence-electron chi connectivity index (χ1n) is 4.76. The molecule has 17 heavy (non-hydrogen) atoms. The van der Waals surface area contributed by atoms with Gasteiger partial charge in [0, 0.05) is 0 Å². The summed E-state index contributed by atoms with van der Waals surface area (Å²) in [6.07, 6.45) is 16.5. The van der Waals surface area contributed by atoms with Gasteiger partial charge in [-0.2, -0.15) is 12.2 Å². The average Bonchev–Trinajstić information content (AvgIpc) is 2.83. The van der Waals surface area contributed by atoms with Gasteiger partial charge in [0.2, 0.25) is 0 Å². The van der Waals surface area contributed by atoms with E-state index in [0.29, 0.717) is 0 Å². The fraction of sp³-hybridized carbons (Fsp3) is 0.286. The zero-order chi connectivity index (χ0) is 10.8. The Morgan fingerprint density at radius 1 is 0.882 bits per heavy atom. The van der Waals surface area contributed by atoms with E-state index in [1.54, 1.807) is 0 Å². The molecule has 0 aromatic heterocycles. The minimum Gasteiger partial charge on any atom is -1.00 e. The van der Waals surface area contributed by atoms with Gasteiger partial charge >= 0.3 is 25.8 Å². The summed E-state index contributed by atoms with van der Waals surface area (Å²) in [5.74, 6) is 0. The molecule has 0 saturated carbocycles. The maximum Gasteiger partial charge on any atom is 4.00 e. The second-order valence-corrected chi connectivity index (χ2v) is 3.00. The second-order valence-electron chi connectivity index (χ2n) is 3.00. The van der Waals surface area contributed by atoms with Gasteiger partial charge in [0.25, 0.3) is 0 Å². The molecule has 0 spiro atoms. The number of halogens is 2. The number of hydrogen-bond donors (Lipinski definition) is 0. The molecule has 0 atom stereocenters. The standard InChI is InChI=1S/2C6H7.C2H4.2ClH.Hf/c2*1-6-4-2-3-5-6;1-2;;;/h2*4-5H,2H2,1H3;1-2H2;2*1H;/q2*-1;;;;+4/p-2. The molecule has 3 heteroatoms. The molecule has 0 heterocycles. The topological polar surface area (TPSA) is 0 Å². The van der Waals surface area contributed by atoms with Crippen LogP contribution in [0.25, 0.3) is 0 Å². The summed E-state index contributed by atoms with van der Waals surface area (Å²) in [5.41, 5.74) is 2.69. The Kier molecular flexibility index (Phi) is 28.2. The Morgan fingerprint density at radius 3 is 1.24 bits per heavy atom. The molecule has 0 fully saturated rings. The van der Waals surface area contributed by atoms with E-state index < -0.39 is 0 Å². The molecule has 92 valence electrons. The summed E-state index contributed by atoms with van der Waals surface area (Å²) >= 11 is 0. The van der Waals surface area contributed by atoms with Gasteiger partial charge in [-0.3, -0.25) is 12.2 Å². The van der Waals surface area contributed by atoms with Crippen LogP contribution in [0.2, 0.25) is 0 Å². The summed E-state index contributed by atoms with van der Waals surface area (Å²) in [7, 11) is 0. The van der Waals surface area contributed by atoms with Gasteiger partial charge in [-0.25, -0.2) is 23.3 Å². The minimum absolute atomic E-state index is 0. The minimum atomic E-state index is 0. The summed E-state index contributed by atoms with van der Waals surface area (Å²) in [5, 5.41) is 0. The van der Waals surface area contributed by atoms with Gasteiger partial charge < -0.3 is 24.8 Å². The van der Waals surface area contributed by atoms with Crippen LogP contribution in [0.5, 0.6) is 0 Å². The van der Waals surface area contributed by atoms with E-state index in [2.05, 4.69) is 51.3 Å². The van der Waals surface area contributed by atoms with E-state index in [-0.39, 0.29) is 50.7 Å². The predicted octanol–water partition coefficient (Wildman–Crippen LogP) is -1.80. The largest absolute Gasteiger partial charge is 4.00 e. The average molecular weight is 436 g/mol. The smallest absolute Gasteiger partial charge is 1.00 e. The number of rotatable bonds is 0. The molecule has 0 aliphatic heterocycles. The fourth-order valence-corrected chi connectivity index (χ4v) is 0.998. The van der Waals surface area contributed by atoms with Crippen molar-refractivity contribution in [2.45, 2.75) is 26.7 Å². The van der Waals surface area contributed by atoms with Crippen LogP contribution in [0.15, 0.2) is 48.6 Å². The summed E-state index contributed by atoms with van der Waals surface area (Å²) in [6, 6.07) is 0. The third-order valence-corrected chi connectivity index (χ3v) is 1.74. The van der Waals surface area contributed by atoms with Crippen molar-refractivity contribution in [2.24, 2.45) is 0 Å². The molecule has 0 nitrogen and oxygen atoms in total. The van der Waals surface area contributed by atoms with Crippen LogP contribution < -0.4 is 24.8 Å². The molecule has 0 amide bonds. The van der Waals surface area contributed by atoms with E-state index in [1.165, 1.54) is 11.1 Å². The van der Waals surface area contributed by atoms with Gasteiger partial charge in [-0.1, -0.05) is 0 Å². The van der Waals surface area contributed by atoms with Gasteiger partial charge in [-0.15, -0.1) is 39.8 Å². The van der Waals surface area contributed by atoms with Gasteiger partial charge in [-0.05, 0) is 0 Å². The number of allylic oxidation sites excluding steroid dienone is 8. The van der Waals surface area contributed by atoms with Crippen LogP contribution >= 0.6 is 0 Å². The molecule has 2 rings (SSSR count). The third-order valence-electron chi connectivity index (χ3n) is 1.74. The van der Waals surface area contributed by atoms with E-state index in [1.807, 2.05) is 12.2 Å². The normalized spacial score (nSPS) is 13.3. The van der Waals surface area contributed by atoms with Crippen LogP contribution in [-0.4, -0.2) is 0 Å². The summed E-state index contributed by atoms with van der Waals surface area (Å²) < 4.78 is 0. The molecule has 0 aromatic carbocycles. The molecule has 2 aliphatic rings. The Bertz CT molecular complexity index is 242. The predicted molar refractivity (Wildman–Crippen MR) is 63.6 cm³/mol. The van der Waals surface area contributed by atoms with E-state index in [9.17, 15) is 0 Å². The first kappa shape index (κ1) is 25.9. The van der Waals surface area contributed by atoms with Crippen molar-refractivity contribution < 1.29 is 50.7 Å². The van der Waals surface area contributed by atoms with Crippen LogP contribution in [-0.2, 0) is 25.8 Å². The first-order valence-corrected chi connectivity index (χ1v) is 4.76. The van der Waals surface area contributed by atoms with Crippen molar-refractivity contribution >= 4 is 0 Å². The summed E-state index contributed by atoms with van der Waals surface area (Å²) in [6.45, 7) is 10.2. The Labute approximate surface area is 137 Å². The Morgan fingerprint density at radius 2 is 1.18 bits per heavy atom. The van der Waals surface area contributed by atoms with Crippen LogP contribution in [0.3, 0.4) is 0 Å². The molecular formula is C14H18Cl2Hf. The monoisotopic (exact) mass is 436 g/mol. The molecule has 0 unspecified atom stereocenters. The van der Waals surface area contributed by atoms with E-state index >= 15 is 0 Å². The maximum atomic E-state index is 3.05. The molecule has 0 N–H and O–H groups in total. The van der Waals surface area contributed by atoms with Crippen LogP contribution in [0, 0.1) is 12.2 Å². The van der Waals surface area contributed by atoms with Crippen LogP contribution in [0.1, 0.15) is 26.7 Å². The van der Waals surface area contributed by atoms with Crippen molar-refractivity contribution in [1.82, 2.24) is 0 Å². The molecule has 0 aromatic rings. The number of hydrogen-bond acceptors (Lipinski definition) is 0. The van der Waals surface area contributed by atoms with Crippen LogP contribution in [0.4, 0.5) is 0 Å². The van der Waals surface area contributed by atoms with Crippen molar-refractivity contribution in [1.29, 1.82) is 0 Å². The quantitative estimate of drug-likeness (QED) is 0.239. The van der Waals surface area contributed by atoms with Gasteiger partial charge in [0.15, 0.2) is 0 Å². The van der Waals surface area contributed by atoms with E-state index in [0.717, 1.165) is 12.8 Å². The van der Waals surface area contributed by atoms with Gasteiger partial charge in [0.1, 0.15) is 0 Å². The molecule has 2 aliphatic carbocycles. The first-order chi connectivity index (χ1) is 6.79. The zero-order valence-corrected chi connectivity index (χ0v) is 15.5. The Balaban J connectivity index is -0.0000000752. The zero-order valence-electron chi connectivity index (χ0n) is 10.4. The molecular weight excluding hydrogens is 418 g/mol. The maximum absolute atomic E-state index is 3.05. The molecule has 0 radical (unpaired) electrons. The van der Waals surface area contributed by atoms with Crippen molar-refractivity contribution in [3.63, 3.8) is 0 Å². The van der Waals surface area contributed by atoms with E-state index in [4.69, 9.17) is 0 Å². The van der Waals surface area contributed by atoms with Gasteiger partial charge in [0.05, 0.1) is 0 Å². The van der Waals surface area contributed by atoms with Crippen molar-refractivity contribution in [3.8, 4) is 0 Å². The summed E-state index contributed by atoms with van der Waals surface area (Å²) in [4.78, 5) is 0.